The summed E-state index contributed by atoms with van der Waals surface area (Å²) in [5.74, 6) is 0.107. The van der Waals surface area contributed by atoms with Crippen molar-refractivity contribution in [2.45, 2.75) is 36.2 Å². The number of hydrogen-bond acceptors (Lipinski definition) is 6. The molecule has 1 unspecified atom stereocenters. The quantitative estimate of drug-likeness (QED) is 0.597. The number of halogens is 1. The number of benzene rings is 2. The van der Waals surface area contributed by atoms with Crippen LogP contribution >= 0.6 is 11.8 Å². The van der Waals surface area contributed by atoms with Crippen LogP contribution in [0.4, 0.5) is 26.2 Å². The Morgan fingerprint density at radius 3 is 2.89 bits per heavy atom. The predicted molar refractivity (Wildman–Crippen MR) is 131 cm³/mol. The molecule has 4 aliphatic rings. The summed E-state index contributed by atoms with van der Waals surface area (Å²) in [6.07, 6.45) is 1.09. The maximum Gasteiger partial charge on any atom is 0.414 e. The van der Waals surface area contributed by atoms with Crippen LogP contribution in [0.5, 0.6) is 0 Å². The van der Waals surface area contributed by atoms with Gasteiger partial charge in [-0.25, -0.2) is 9.18 Å². The second-order valence-electron chi connectivity index (χ2n) is 9.30. The molecule has 182 valence electrons. The van der Waals surface area contributed by atoms with Gasteiger partial charge in [-0.05, 0) is 49.2 Å². The Hall–Kier alpha value is -3.11. The summed E-state index contributed by atoms with van der Waals surface area (Å²) >= 11 is 1.47. The molecule has 0 aliphatic carbocycles. The predicted octanol–water partition coefficient (Wildman–Crippen LogP) is 3.25. The number of hydrogen-bond donors (Lipinski definition) is 2. The summed E-state index contributed by atoms with van der Waals surface area (Å²) in [6.45, 7) is 2.01. The van der Waals surface area contributed by atoms with E-state index in [1.54, 1.807) is 21.9 Å². The van der Waals surface area contributed by atoms with E-state index in [2.05, 4.69) is 10.6 Å². The van der Waals surface area contributed by atoms with Gasteiger partial charge >= 0.3 is 6.09 Å². The molecule has 0 spiro atoms. The van der Waals surface area contributed by atoms with Crippen molar-refractivity contribution >= 4 is 46.7 Å². The van der Waals surface area contributed by atoms with Crippen LogP contribution in [0.3, 0.4) is 0 Å². The van der Waals surface area contributed by atoms with E-state index in [1.807, 2.05) is 12.1 Å². The van der Waals surface area contributed by atoms with E-state index < -0.39 is 6.09 Å². The number of cyclic esters (lactones) is 1. The fourth-order valence-electron chi connectivity index (χ4n) is 5.40. The molecule has 2 atom stereocenters. The van der Waals surface area contributed by atoms with Crippen LogP contribution in [0.2, 0.25) is 0 Å². The topological polar surface area (TPSA) is 91.0 Å². The second kappa shape index (κ2) is 8.83. The Balaban J connectivity index is 1.05. The van der Waals surface area contributed by atoms with Crippen molar-refractivity contribution < 1.29 is 23.5 Å². The van der Waals surface area contributed by atoms with Crippen molar-refractivity contribution in [3.8, 4) is 0 Å². The number of ether oxygens (including phenoxy) is 1. The molecule has 1 saturated heterocycles. The smallest absolute Gasteiger partial charge is 0.414 e. The van der Waals surface area contributed by atoms with E-state index in [0.29, 0.717) is 68.1 Å². The number of carbonyl (C=O) groups excluding carboxylic acids is 3. The molecule has 3 amide bonds. The summed E-state index contributed by atoms with van der Waals surface area (Å²) in [5.41, 5.74) is 3.89. The SMILES string of the molecule is O=C1CSc2ccc(N3C[C@H](CNCCC4CN5C(=O)CCc6ccc(F)c4c65)OC3=O)cc2N1. The van der Waals surface area contributed by atoms with Gasteiger partial charge in [-0.15, -0.1) is 11.8 Å². The number of rotatable bonds is 6. The van der Waals surface area contributed by atoms with Gasteiger partial charge in [-0.3, -0.25) is 14.5 Å². The van der Waals surface area contributed by atoms with Crippen molar-refractivity contribution in [1.29, 1.82) is 0 Å². The summed E-state index contributed by atoms with van der Waals surface area (Å²) < 4.78 is 20.2. The van der Waals surface area contributed by atoms with Crippen molar-refractivity contribution in [3.63, 3.8) is 0 Å². The van der Waals surface area contributed by atoms with Crippen molar-refractivity contribution in [1.82, 2.24) is 5.32 Å². The summed E-state index contributed by atoms with van der Waals surface area (Å²) in [7, 11) is 0. The molecule has 2 aromatic rings. The van der Waals surface area contributed by atoms with Crippen LogP contribution in [-0.4, -0.2) is 55.9 Å². The molecule has 0 radical (unpaired) electrons. The van der Waals surface area contributed by atoms with Gasteiger partial charge < -0.3 is 20.3 Å². The van der Waals surface area contributed by atoms with Gasteiger partial charge in [0.2, 0.25) is 11.8 Å². The Morgan fingerprint density at radius 1 is 1.11 bits per heavy atom. The van der Waals surface area contributed by atoms with Gasteiger partial charge in [0.05, 0.1) is 23.7 Å². The van der Waals surface area contributed by atoms with Gasteiger partial charge in [-0.2, -0.15) is 0 Å². The Morgan fingerprint density at radius 2 is 2.00 bits per heavy atom. The molecule has 0 aromatic heterocycles. The van der Waals surface area contributed by atoms with Crippen LogP contribution in [0.1, 0.15) is 29.9 Å². The lowest BCUT2D eigenvalue weighted by molar-refractivity contribution is -0.118. The number of anilines is 3. The van der Waals surface area contributed by atoms with Crippen LogP contribution < -0.4 is 20.4 Å². The zero-order valence-electron chi connectivity index (χ0n) is 19.0. The highest BCUT2D eigenvalue weighted by atomic mass is 32.2. The number of amides is 3. The lowest BCUT2D eigenvalue weighted by Crippen LogP contribution is -2.34. The first-order valence-electron chi connectivity index (χ1n) is 11.8. The van der Waals surface area contributed by atoms with Crippen molar-refractivity contribution in [2.75, 3.05) is 47.0 Å². The minimum absolute atomic E-state index is 0.0503. The average Bonchev–Trinajstić information content (AvgIpc) is 3.42. The average molecular weight is 497 g/mol. The largest absolute Gasteiger partial charge is 0.443 e. The normalized spacial score (nSPS) is 22.7. The number of aryl methyl sites for hydroxylation is 1. The lowest BCUT2D eigenvalue weighted by atomic mass is 9.93. The molecule has 10 heteroatoms. The zero-order valence-corrected chi connectivity index (χ0v) is 19.8. The molecule has 2 aromatic carbocycles. The molecule has 4 heterocycles. The molecule has 0 bridgehead atoms. The maximum absolute atomic E-state index is 14.7. The fraction of sp³-hybridized carbons (Fsp3) is 0.400. The second-order valence-corrected chi connectivity index (χ2v) is 10.3. The molecule has 35 heavy (non-hydrogen) atoms. The van der Waals surface area contributed by atoms with E-state index in [4.69, 9.17) is 4.74 Å². The van der Waals surface area contributed by atoms with Gasteiger partial charge in [0.25, 0.3) is 0 Å². The number of thioether (sulfide) groups is 1. The third-order valence-electron chi connectivity index (χ3n) is 7.06. The maximum atomic E-state index is 14.7. The minimum atomic E-state index is -0.418. The van der Waals surface area contributed by atoms with Crippen molar-refractivity contribution in [2.24, 2.45) is 0 Å². The molecule has 0 saturated carbocycles. The highest BCUT2D eigenvalue weighted by Gasteiger charge is 2.38. The number of nitrogens with zero attached hydrogens (tertiary/aromatic N) is 2. The van der Waals surface area contributed by atoms with Crippen LogP contribution in [0, 0.1) is 5.82 Å². The number of fused-ring (bicyclic) bond motifs is 1. The monoisotopic (exact) mass is 496 g/mol. The highest BCUT2D eigenvalue weighted by molar-refractivity contribution is 8.00. The van der Waals surface area contributed by atoms with Gasteiger partial charge in [0.15, 0.2) is 0 Å². The van der Waals surface area contributed by atoms with E-state index in [1.165, 1.54) is 17.8 Å². The van der Waals surface area contributed by atoms with Crippen LogP contribution in [0.25, 0.3) is 0 Å². The van der Waals surface area contributed by atoms with Gasteiger partial charge in [0, 0.05) is 41.6 Å². The Kier molecular flexibility index (Phi) is 5.64. The lowest BCUT2D eigenvalue weighted by Gasteiger charge is -2.25. The van der Waals surface area contributed by atoms with E-state index in [0.717, 1.165) is 16.1 Å². The van der Waals surface area contributed by atoms with Crippen LogP contribution in [0.15, 0.2) is 35.2 Å². The highest BCUT2D eigenvalue weighted by Crippen LogP contribution is 2.44. The van der Waals surface area contributed by atoms with E-state index >= 15 is 0 Å². The molecule has 8 nitrogen and oxygen atoms in total. The molecule has 6 rings (SSSR count). The first-order valence-corrected chi connectivity index (χ1v) is 12.8. The molecule has 2 N–H and O–H groups in total. The van der Waals surface area contributed by atoms with E-state index in [-0.39, 0.29) is 29.7 Å². The first kappa shape index (κ1) is 22.4. The van der Waals surface area contributed by atoms with E-state index in [9.17, 15) is 18.8 Å². The number of nitrogens with one attached hydrogen (secondary N) is 2. The summed E-state index contributed by atoms with van der Waals surface area (Å²) in [5, 5.41) is 6.18. The number of carbonyl (C=O) groups is 3. The Labute approximate surface area is 206 Å². The summed E-state index contributed by atoms with van der Waals surface area (Å²) in [6, 6.07) is 8.88. The van der Waals surface area contributed by atoms with Gasteiger partial charge in [0.1, 0.15) is 11.9 Å². The first-order chi connectivity index (χ1) is 17.0. The third-order valence-corrected chi connectivity index (χ3v) is 8.13. The molecule has 1 fully saturated rings. The molecular formula is C25H25FN4O4S. The standard InChI is InChI=1S/C25H25FN4O4S/c26-18-4-1-14-2-6-22(32)30-11-15(23(18)24(14)30)7-8-27-10-17-12-29(25(33)34-17)16-3-5-20-19(9-16)28-21(31)13-35-20/h1,3-5,9,15,17,27H,2,6-8,10-13H2,(H,28,31)/t15?,17-/m0/s1. The van der Waals surface area contributed by atoms with Crippen LogP contribution in [-0.2, 0) is 20.7 Å². The van der Waals surface area contributed by atoms with Crippen molar-refractivity contribution in [3.05, 3.63) is 47.3 Å². The van der Waals surface area contributed by atoms with Gasteiger partial charge in [-0.1, -0.05) is 6.07 Å². The molecule has 4 aliphatic heterocycles. The molecular weight excluding hydrogens is 471 g/mol. The minimum Gasteiger partial charge on any atom is -0.443 e. The third kappa shape index (κ3) is 4.04. The fourth-order valence-corrected chi connectivity index (χ4v) is 6.18. The zero-order chi connectivity index (χ0) is 24.1. The summed E-state index contributed by atoms with van der Waals surface area (Å²) in [4.78, 5) is 40.8. The Bertz CT molecular complexity index is 1240.